The zero-order chi connectivity index (χ0) is 18.5. The molecule has 0 aromatic heterocycles. The molecular weight excluding hydrogens is 349 g/mol. The van der Waals surface area contributed by atoms with E-state index in [2.05, 4.69) is 11.3 Å². The molecule has 0 aliphatic heterocycles. The van der Waals surface area contributed by atoms with Crippen LogP contribution in [0, 0.1) is 0 Å². The summed E-state index contributed by atoms with van der Waals surface area (Å²) in [6.45, 7) is 3.13. The maximum Gasteiger partial charge on any atom is 0.573 e. The molecule has 24 heavy (non-hydrogen) atoms. The first kappa shape index (κ1) is 20.0. The molecule has 0 aliphatic carbocycles. The van der Waals surface area contributed by atoms with Crippen LogP contribution in [-0.4, -0.2) is 45.6 Å². The van der Waals surface area contributed by atoms with Crippen LogP contribution in [0.25, 0.3) is 0 Å². The summed E-state index contributed by atoms with van der Waals surface area (Å²) in [5, 5.41) is 0.778. The Hall–Kier alpha value is -2.07. The summed E-state index contributed by atoms with van der Waals surface area (Å²) < 4.78 is 63.9. The van der Waals surface area contributed by atoms with E-state index in [9.17, 15) is 26.4 Å². The number of anilines is 1. The number of halogens is 3. The zero-order valence-electron chi connectivity index (χ0n) is 13.1. The van der Waals surface area contributed by atoms with Gasteiger partial charge in [-0.25, -0.2) is 12.7 Å². The Morgan fingerprint density at radius 1 is 1.25 bits per heavy atom. The summed E-state index contributed by atoms with van der Waals surface area (Å²) in [7, 11) is -0.856. The molecule has 0 N–H and O–H groups in total. The van der Waals surface area contributed by atoms with Gasteiger partial charge in [0, 0.05) is 38.2 Å². The lowest BCUT2D eigenvalue weighted by atomic mass is 10.2. The highest BCUT2D eigenvalue weighted by Gasteiger charge is 2.31. The van der Waals surface area contributed by atoms with Crippen LogP contribution in [0.3, 0.4) is 0 Å². The fourth-order valence-corrected chi connectivity index (χ4v) is 2.29. The van der Waals surface area contributed by atoms with Gasteiger partial charge in [0.25, 0.3) is 0 Å². The van der Waals surface area contributed by atoms with Crippen LogP contribution < -0.4 is 9.64 Å². The summed E-state index contributed by atoms with van der Waals surface area (Å²) in [6, 6.07) is 4.76. The first-order valence-electron chi connectivity index (χ1n) is 6.67. The van der Waals surface area contributed by atoms with Crippen molar-refractivity contribution in [2.75, 3.05) is 25.5 Å². The lowest BCUT2D eigenvalue weighted by Gasteiger charge is -2.20. The van der Waals surface area contributed by atoms with Crippen molar-refractivity contribution in [3.05, 3.63) is 36.3 Å². The number of carbonyl (C=O) groups is 1. The zero-order valence-corrected chi connectivity index (χ0v) is 13.9. The van der Waals surface area contributed by atoms with Crippen molar-refractivity contribution in [1.29, 1.82) is 0 Å². The summed E-state index contributed by atoms with van der Waals surface area (Å²) in [5.41, 5.74) is 0.351. The fraction of sp³-hybridized carbons (Fsp3) is 0.357. The van der Waals surface area contributed by atoms with Gasteiger partial charge >= 0.3 is 6.36 Å². The highest BCUT2D eigenvalue weighted by atomic mass is 32.2. The maximum absolute atomic E-state index is 12.1. The normalized spacial score (nSPS) is 12.1. The Balaban J connectivity index is 2.68. The smallest absolute Gasteiger partial charge is 0.406 e. The molecule has 0 radical (unpaired) electrons. The number of hydrogen-bond donors (Lipinski definition) is 0. The minimum absolute atomic E-state index is 0.0488. The maximum atomic E-state index is 12.1. The Bertz CT molecular complexity index is 687. The molecule has 0 heterocycles. The van der Waals surface area contributed by atoms with E-state index in [0.717, 1.165) is 21.8 Å². The van der Waals surface area contributed by atoms with E-state index in [-0.39, 0.29) is 13.0 Å². The number of nitrogens with zero attached hydrogens (tertiary/aromatic N) is 2. The molecule has 1 amide bonds. The number of carbonyl (C=O) groups excluding carboxylic acids is 1. The van der Waals surface area contributed by atoms with E-state index in [4.69, 9.17) is 0 Å². The monoisotopic (exact) mass is 366 g/mol. The van der Waals surface area contributed by atoms with Gasteiger partial charge in [-0.15, -0.1) is 13.2 Å². The van der Waals surface area contributed by atoms with Crippen molar-refractivity contribution in [2.45, 2.75) is 12.8 Å². The lowest BCUT2D eigenvalue weighted by Crippen LogP contribution is -2.32. The van der Waals surface area contributed by atoms with Crippen LogP contribution in [0.15, 0.2) is 36.3 Å². The van der Waals surface area contributed by atoms with Crippen molar-refractivity contribution < 1.29 is 31.1 Å². The quantitative estimate of drug-likeness (QED) is 0.743. The van der Waals surface area contributed by atoms with Gasteiger partial charge in [0.05, 0.1) is 0 Å². The number of alkyl halides is 3. The Kier molecular flexibility index (Phi) is 6.38. The average Bonchev–Trinajstić information content (AvgIpc) is 2.50. The van der Waals surface area contributed by atoms with Crippen molar-refractivity contribution in [2.24, 2.45) is 0 Å². The second-order valence-corrected chi connectivity index (χ2v) is 6.76. The molecule has 0 unspecified atom stereocenters. The number of amides is 1. The van der Waals surface area contributed by atoms with Crippen LogP contribution in [0.4, 0.5) is 18.9 Å². The molecular formula is C14H17F3N2O4S. The minimum Gasteiger partial charge on any atom is -0.406 e. The predicted octanol–water partition coefficient (Wildman–Crippen LogP) is 2.34. The van der Waals surface area contributed by atoms with Gasteiger partial charge in [-0.05, 0) is 24.3 Å². The molecule has 0 saturated carbocycles. The molecule has 0 fully saturated rings. The van der Waals surface area contributed by atoms with E-state index in [1.54, 1.807) is 0 Å². The van der Waals surface area contributed by atoms with Crippen molar-refractivity contribution in [3.8, 4) is 5.75 Å². The second-order valence-electron chi connectivity index (χ2n) is 4.78. The first-order chi connectivity index (χ1) is 11.0. The molecule has 6 nitrogen and oxygen atoms in total. The van der Waals surface area contributed by atoms with Gasteiger partial charge in [-0.3, -0.25) is 4.79 Å². The molecule has 134 valence electrons. The van der Waals surface area contributed by atoms with Crippen molar-refractivity contribution in [1.82, 2.24) is 4.31 Å². The van der Waals surface area contributed by atoms with Crippen LogP contribution in [0.1, 0.15) is 6.42 Å². The average molecular weight is 366 g/mol. The van der Waals surface area contributed by atoms with Gasteiger partial charge in [-0.2, -0.15) is 0 Å². The second kappa shape index (κ2) is 7.67. The molecule has 0 atom stereocenters. The fourth-order valence-electron chi connectivity index (χ4n) is 1.69. The predicted molar refractivity (Wildman–Crippen MR) is 82.9 cm³/mol. The Morgan fingerprint density at radius 3 is 2.25 bits per heavy atom. The van der Waals surface area contributed by atoms with Gasteiger partial charge < -0.3 is 9.64 Å². The topological polar surface area (TPSA) is 66.9 Å². The number of rotatable bonds is 7. The molecule has 1 aromatic rings. The standard InChI is InChI=1S/C14H17F3N2O4S/c1-4-24(21,22)18(2)10-9-13(20)19(3)11-5-7-12(8-6-11)23-14(15,16)17/h4-8H,1,9-10H2,2-3H3. The van der Waals surface area contributed by atoms with Crippen LogP contribution in [0.2, 0.25) is 0 Å². The number of ether oxygens (including phenoxy) is 1. The summed E-state index contributed by atoms with van der Waals surface area (Å²) in [4.78, 5) is 13.3. The summed E-state index contributed by atoms with van der Waals surface area (Å²) in [5.74, 6) is -0.797. The Morgan fingerprint density at radius 2 is 1.79 bits per heavy atom. The molecule has 1 rings (SSSR count). The van der Waals surface area contributed by atoms with Gasteiger partial charge in [0.15, 0.2) is 0 Å². The third-order valence-electron chi connectivity index (χ3n) is 3.12. The number of hydrogen-bond acceptors (Lipinski definition) is 4. The van der Waals surface area contributed by atoms with E-state index in [0.29, 0.717) is 5.69 Å². The summed E-state index contributed by atoms with van der Waals surface area (Å²) >= 11 is 0. The van der Waals surface area contributed by atoms with Crippen LogP contribution >= 0.6 is 0 Å². The molecule has 1 aromatic carbocycles. The largest absolute Gasteiger partial charge is 0.573 e. The molecule has 0 saturated heterocycles. The van der Waals surface area contributed by atoms with E-state index >= 15 is 0 Å². The van der Waals surface area contributed by atoms with Crippen molar-refractivity contribution in [3.63, 3.8) is 0 Å². The van der Waals surface area contributed by atoms with Gasteiger partial charge in [0.2, 0.25) is 15.9 Å². The third kappa shape index (κ3) is 5.85. The van der Waals surface area contributed by atoms with E-state index in [1.807, 2.05) is 0 Å². The minimum atomic E-state index is -4.79. The highest BCUT2D eigenvalue weighted by Crippen LogP contribution is 2.25. The molecule has 0 aliphatic rings. The van der Waals surface area contributed by atoms with E-state index in [1.165, 1.54) is 31.1 Å². The highest BCUT2D eigenvalue weighted by molar-refractivity contribution is 7.91. The lowest BCUT2D eigenvalue weighted by molar-refractivity contribution is -0.274. The van der Waals surface area contributed by atoms with Gasteiger partial charge in [0.1, 0.15) is 5.75 Å². The SMILES string of the molecule is C=CS(=O)(=O)N(C)CCC(=O)N(C)c1ccc(OC(F)(F)F)cc1. The van der Waals surface area contributed by atoms with Crippen LogP contribution in [0.5, 0.6) is 5.75 Å². The summed E-state index contributed by atoms with van der Waals surface area (Å²) in [6.07, 6.45) is -4.88. The number of benzene rings is 1. The Labute approximate surface area is 138 Å². The molecule has 10 heteroatoms. The first-order valence-corrected chi connectivity index (χ1v) is 8.18. The third-order valence-corrected chi connectivity index (χ3v) is 4.59. The van der Waals surface area contributed by atoms with Crippen molar-refractivity contribution >= 4 is 21.6 Å². The van der Waals surface area contributed by atoms with Gasteiger partial charge in [-0.1, -0.05) is 6.58 Å². The van der Waals surface area contributed by atoms with Crippen LogP contribution in [-0.2, 0) is 14.8 Å². The molecule has 0 spiro atoms. The molecule has 0 bridgehead atoms. The van der Waals surface area contributed by atoms with E-state index < -0.39 is 28.0 Å². The number of sulfonamides is 1.